The van der Waals surface area contributed by atoms with E-state index in [1.807, 2.05) is 65.9 Å². The van der Waals surface area contributed by atoms with E-state index >= 15 is 0 Å². The van der Waals surface area contributed by atoms with Gasteiger partial charge >= 0.3 is 0 Å². The van der Waals surface area contributed by atoms with Gasteiger partial charge in [-0.1, -0.05) is 54.9 Å². The van der Waals surface area contributed by atoms with E-state index in [4.69, 9.17) is 4.98 Å². The van der Waals surface area contributed by atoms with E-state index < -0.39 is 0 Å². The van der Waals surface area contributed by atoms with Gasteiger partial charge in [0.15, 0.2) is 5.65 Å². The summed E-state index contributed by atoms with van der Waals surface area (Å²) in [5.74, 6) is 0.204. The number of nitriles is 1. The summed E-state index contributed by atoms with van der Waals surface area (Å²) in [4.78, 5) is 17.3. The van der Waals surface area contributed by atoms with Crippen LogP contribution in [0.1, 0.15) is 30.0 Å². The van der Waals surface area contributed by atoms with E-state index in [2.05, 4.69) is 18.3 Å². The third-order valence-electron chi connectivity index (χ3n) is 4.94. The predicted molar refractivity (Wildman–Crippen MR) is 122 cm³/mol. The molecular weight excluding hydrogens is 392 g/mol. The number of pyridine rings is 1. The first kappa shape index (κ1) is 20.0. The monoisotopic (exact) mass is 414 g/mol. The summed E-state index contributed by atoms with van der Waals surface area (Å²) in [7, 11) is 0. The topological polar surface area (TPSA) is 70.2 Å². The van der Waals surface area contributed by atoms with E-state index in [0.717, 1.165) is 45.7 Å². The lowest BCUT2D eigenvalue weighted by Gasteiger charge is -2.12. The molecule has 0 aliphatic heterocycles. The van der Waals surface area contributed by atoms with Crippen LogP contribution in [0, 0.1) is 18.3 Å². The maximum atomic E-state index is 12.5. The fraction of sp³-hybridized carbons (Fsp3) is 0.208. The molecule has 0 radical (unpaired) electrons. The fourth-order valence-corrected chi connectivity index (χ4v) is 4.40. The number of aromatic nitrogens is 2. The number of fused-ring (bicyclic) bond motifs is 3. The molecule has 0 saturated carbocycles. The SMILES string of the molecule is CCCc1cc(SCC(=O)Nc2ccc(C)cc2)n2c(nc3ccccc32)c1C#N. The molecule has 4 aromatic rings. The molecule has 4 rings (SSSR count). The molecule has 0 spiro atoms. The Balaban J connectivity index is 1.69. The number of rotatable bonds is 6. The highest BCUT2D eigenvalue weighted by molar-refractivity contribution is 7.99. The molecule has 0 aliphatic carbocycles. The smallest absolute Gasteiger partial charge is 0.234 e. The molecule has 0 unspecified atom stereocenters. The van der Waals surface area contributed by atoms with E-state index in [-0.39, 0.29) is 11.7 Å². The molecular formula is C24H22N4OS. The highest BCUT2D eigenvalue weighted by atomic mass is 32.2. The molecule has 0 saturated heterocycles. The molecule has 2 aromatic heterocycles. The summed E-state index contributed by atoms with van der Waals surface area (Å²) in [6, 6.07) is 20.0. The van der Waals surface area contributed by atoms with Crippen molar-refractivity contribution < 1.29 is 4.79 Å². The molecule has 5 nitrogen and oxygen atoms in total. The summed E-state index contributed by atoms with van der Waals surface area (Å²) in [5.41, 5.74) is 5.97. The number of hydrogen-bond acceptors (Lipinski definition) is 4. The van der Waals surface area contributed by atoms with Crippen molar-refractivity contribution in [2.45, 2.75) is 31.7 Å². The maximum Gasteiger partial charge on any atom is 0.234 e. The van der Waals surface area contributed by atoms with Gasteiger partial charge in [-0.3, -0.25) is 9.20 Å². The van der Waals surface area contributed by atoms with Gasteiger partial charge in [-0.2, -0.15) is 5.26 Å². The van der Waals surface area contributed by atoms with Crippen LogP contribution in [0.15, 0.2) is 59.6 Å². The van der Waals surface area contributed by atoms with Crippen LogP contribution < -0.4 is 5.32 Å². The van der Waals surface area contributed by atoms with Crippen molar-refractivity contribution in [1.29, 1.82) is 5.26 Å². The van der Waals surface area contributed by atoms with Gasteiger partial charge in [0.25, 0.3) is 0 Å². The lowest BCUT2D eigenvalue weighted by Crippen LogP contribution is -2.14. The van der Waals surface area contributed by atoms with Crippen LogP contribution in [0.3, 0.4) is 0 Å². The normalized spacial score (nSPS) is 11.0. The Morgan fingerprint density at radius 2 is 1.97 bits per heavy atom. The second kappa shape index (κ2) is 8.60. The minimum atomic E-state index is -0.0668. The Labute approximate surface area is 179 Å². The van der Waals surface area contributed by atoms with Gasteiger partial charge in [0.05, 0.1) is 27.4 Å². The van der Waals surface area contributed by atoms with Gasteiger partial charge in [0.2, 0.25) is 5.91 Å². The minimum absolute atomic E-state index is 0.0668. The fourth-order valence-electron chi connectivity index (χ4n) is 3.51. The molecule has 0 bridgehead atoms. The van der Waals surface area contributed by atoms with Crippen LogP contribution in [0.25, 0.3) is 16.7 Å². The number of nitrogens with zero attached hydrogens (tertiary/aromatic N) is 3. The molecule has 1 amide bonds. The first-order valence-electron chi connectivity index (χ1n) is 9.93. The molecule has 6 heteroatoms. The third kappa shape index (κ3) is 3.89. The lowest BCUT2D eigenvalue weighted by molar-refractivity contribution is -0.113. The summed E-state index contributed by atoms with van der Waals surface area (Å²) < 4.78 is 2.00. The van der Waals surface area contributed by atoms with Crippen LogP contribution in [0.4, 0.5) is 5.69 Å². The number of aryl methyl sites for hydroxylation is 2. The molecule has 0 atom stereocenters. The number of anilines is 1. The molecule has 30 heavy (non-hydrogen) atoms. The number of nitrogens with one attached hydrogen (secondary N) is 1. The zero-order valence-corrected chi connectivity index (χ0v) is 17.8. The number of imidazole rings is 1. The number of carbonyl (C=O) groups excluding carboxylic acids is 1. The standard InChI is InChI=1S/C24H22N4OS/c1-3-6-17-13-23(30-15-22(29)26-18-11-9-16(2)10-12-18)28-21-8-5-4-7-20(21)27-24(28)19(17)14-25/h4-5,7-13H,3,6,15H2,1-2H3,(H,26,29). The van der Waals surface area contributed by atoms with Crippen molar-refractivity contribution in [1.82, 2.24) is 9.38 Å². The number of para-hydroxylation sites is 2. The van der Waals surface area contributed by atoms with E-state index in [9.17, 15) is 10.1 Å². The molecule has 150 valence electrons. The zero-order chi connectivity index (χ0) is 21.1. The average Bonchev–Trinajstić information content (AvgIpc) is 3.13. The molecule has 0 fully saturated rings. The quantitative estimate of drug-likeness (QED) is 0.432. The molecule has 0 aliphatic rings. The first-order valence-corrected chi connectivity index (χ1v) is 10.9. The maximum absolute atomic E-state index is 12.5. The van der Waals surface area contributed by atoms with Crippen LogP contribution in [-0.2, 0) is 11.2 Å². The van der Waals surface area contributed by atoms with Crippen LogP contribution >= 0.6 is 11.8 Å². The van der Waals surface area contributed by atoms with E-state index in [1.165, 1.54) is 11.8 Å². The Morgan fingerprint density at radius 3 is 2.70 bits per heavy atom. The van der Waals surface area contributed by atoms with E-state index in [0.29, 0.717) is 11.2 Å². The van der Waals surface area contributed by atoms with Gasteiger partial charge in [-0.25, -0.2) is 4.98 Å². The van der Waals surface area contributed by atoms with Crippen LogP contribution in [-0.4, -0.2) is 21.0 Å². The molecule has 1 N–H and O–H groups in total. The van der Waals surface area contributed by atoms with Crippen molar-refractivity contribution in [3.8, 4) is 6.07 Å². The minimum Gasteiger partial charge on any atom is -0.325 e. The largest absolute Gasteiger partial charge is 0.325 e. The second-order valence-electron chi connectivity index (χ2n) is 7.21. The number of hydrogen-bond donors (Lipinski definition) is 1. The molecule has 2 heterocycles. The Kier molecular flexibility index (Phi) is 5.73. The second-order valence-corrected chi connectivity index (χ2v) is 8.20. The third-order valence-corrected chi connectivity index (χ3v) is 5.94. The van der Waals surface area contributed by atoms with Crippen molar-refractivity contribution in [3.05, 3.63) is 71.3 Å². The number of amides is 1. The van der Waals surface area contributed by atoms with E-state index in [1.54, 1.807) is 0 Å². The first-order chi connectivity index (χ1) is 14.6. The summed E-state index contributed by atoms with van der Waals surface area (Å²) in [6.45, 7) is 4.11. The van der Waals surface area contributed by atoms with Crippen molar-refractivity contribution in [2.75, 3.05) is 11.1 Å². The zero-order valence-electron chi connectivity index (χ0n) is 17.0. The van der Waals surface area contributed by atoms with Crippen LogP contribution in [0.2, 0.25) is 0 Å². The van der Waals surface area contributed by atoms with Gasteiger partial charge in [0.1, 0.15) is 6.07 Å². The van der Waals surface area contributed by atoms with Gasteiger partial charge in [0, 0.05) is 5.69 Å². The number of thioether (sulfide) groups is 1. The van der Waals surface area contributed by atoms with Crippen molar-refractivity contribution in [3.63, 3.8) is 0 Å². The summed E-state index contributed by atoms with van der Waals surface area (Å²) >= 11 is 1.46. The highest BCUT2D eigenvalue weighted by Crippen LogP contribution is 2.30. The molecule has 2 aromatic carbocycles. The summed E-state index contributed by atoms with van der Waals surface area (Å²) in [6.07, 6.45) is 1.73. The Hall–Kier alpha value is -3.30. The average molecular weight is 415 g/mol. The highest BCUT2D eigenvalue weighted by Gasteiger charge is 2.17. The lowest BCUT2D eigenvalue weighted by atomic mass is 10.1. The van der Waals surface area contributed by atoms with Crippen molar-refractivity contribution in [2.24, 2.45) is 0 Å². The number of carbonyl (C=O) groups is 1. The van der Waals surface area contributed by atoms with Crippen LogP contribution in [0.5, 0.6) is 0 Å². The van der Waals surface area contributed by atoms with Gasteiger partial charge in [-0.05, 0) is 49.2 Å². The Morgan fingerprint density at radius 1 is 1.20 bits per heavy atom. The Bertz CT molecular complexity index is 1270. The van der Waals surface area contributed by atoms with Gasteiger partial charge in [-0.15, -0.1) is 0 Å². The summed E-state index contributed by atoms with van der Waals surface area (Å²) in [5, 5.41) is 13.6. The van der Waals surface area contributed by atoms with Gasteiger partial charge < -0.3 is 5.32 Å². The van der Waals surface area contributed by atoms with Crippen molar-refractivity contribution >= 4 is 40.0 Å². The predicted octanol–water partition coefficient (Wildman–Crippen LogP) is 5.35. The number of benzene rings is 2.